The summed E-state index contributed by atoms with van der Waals surface area (Å²) in [4.78, 5) is 26.3. The molecule has 7 nitrogen and oxygen atoms in total. The number of carbonyl (C=O) groups is 2. The Hall–Kier alpha value is -3.48. The molecule has 0 aliphatic carbocycles. The van der Waals surface area contributed by atoms with Crippen LogP contribution >= 0.6 is 0 Å². The van der Waals surface area contributed by atoms with E-state index >= 15 is 0 Å². The lowest BCUT2D eigenvalue weighted by Crippen LogP contribution is -2.38. The number of aromatic nitrogens is 2. The molecule has 0 spiro atoms. The smallest absolute Gasteiger partial charge is 0.227 e. The molecule has 1 N–H and O–H groups in total. The van der Waals surface area contributed by atoms with Gasteiger partial charge in [0.15, 0.2) is 17.4 Å². The Labute approximate surface area is 168 Å². The minimum absolute atomic E-state index is 0.00963. The summed E-state index contributed by atoms with van der Waals surface area (Å²) in [5.74, 6) is 1.39. The number of nitrogens with one attached hydrogen (secondary N) is 1. The number of benzene rings is 1. The predicted molar refractivity (Wildman–Crippen MR) is 110 cm³/mol. The van der Waals surface area contributed by atoms with Gasteiger partial charge in [0, 0.05) is 30.3 Å². The Morgan fingerprint density at radius 2 is 1.90 bits per heavy atom. The molecule has 0 atom stereocenters. The van der Waals surface area contributed by atoms with Crippen LogP contribution in [-0.4, -0.2) is 35.0 Å². The lowest BCUT2D eigenvalue weighted by Gasteiger charge is -2.31. The Morgan fingerprint density at radius 1 is 1.07 bits per heavy atom. The molecule has 1 aliphatic heterocycles. The van der Waals surface area contributed by atoms with Crippen LogP contribution in [0.3, 0.4) is 0 Å². The van der Waals surface area contributed by atoms with Crippen molar-refractivity contribution in [2.45, 2.75) is 19.8 Å². The third-order valence-corrected chi connectivity index (χ3v) is 5.15. The van der Waals surface area contributed by atoms with E-state index in [-0.39, 0.29) is 17.6 Å². The number of hydrogen-bond donors (Lipinski definition) is 1. The van der Waals surface area contributed by atoms with E-state index in [1.807, 2.05) is 24.3 Å². The fraction of sp³-hybridized carbons (Fsp3) is 0.273. The first-order valence-electron chi connectivity index (χ1n) is 9.64. The molecule has 0 bridgehead atoms. The van der Waals surface area contributed by atoms with E-state index in [1.54, 1.807) is 30.5 Å². The van der Waals surface area contributed by atoms with Crippen molar-refractivity contribution in [3.05, 3.63) is 60.4 Å². The molecule has 1 fully saturated rings. The van der Waals surface area contributed by atoms with Crippen LogP contribution in [0.5, 0.6) is 0 Å². The highest BCUT2D eigenvalue weighted by Crippen LogP contribution is 2.24. The van der Waals surface area contributed by atoms with Gasteiger partial charge in [-0.2, -0.15) is 0 Å². The van der Waals surface area contributed by atoms with Crippen molar-refractivity contribution in [2.24, 2.45) is 5.92 Å². The molecule has 2 aromatic heterocycles. The summed E-state index contributed by atoms with van der Waals surface area (Å²) in [5, 5.41) is 11.5. The maximum atomic E-state index is 12.6. The number of Topliss-reactive ketones (excluding diaryl/α,β-unsaturated/α-hetero) is 1. The molecule has 1 saturated heterocycles. The van der Waals surface area contributed by atoms with Crippen LogP contribution in [0.15, 0.2) is 59.2 Å². The van der Waals surface area contributed by atoms with Gasteiger partial charge in [-0.25, -0.2) is 0 Å². The minimum Gasteiger partial charge on any atom is -0.463 e. The largest absolute Gasteiger partial charge is 0.463 e. The number of furan rings is 1. The molecule has 0 radical (unpaired) electrons. The summed E-state index contributed by atoms with van der Waals surface area (Å²) in [5.41, 5.74) is 1.94. The molecule has 0 saturated carbocycles. The zero-order valence-corrected chi connectivity index (χ0v) is 16.2. The van der Waals surface area contributed by atoms with E-state index < -0.39 is 0 Å². The summed E-state index contributed by atoms with van der Waals surface area (Å²) >= 11 is 0. The average Bonchev–Trinajstić information content (AvgIpc) is 3.29. The second-order valence-corrected chi connectivity index (χ2v) is 7.14. The first-order valence-corrected chi connectivity index (χ1v) is 9.64. The molecule has 1 aliphatic rings. The zero-order chi connectivity index (χ0) is 20.2. The van der Waals surface area contributed by atoms with Gasteiger partial charge in [-0.3, -0.25) is 9.59 Å². The molecule has 1 aromatic carbocycles. The number of anilines is 2. The second-order valence-electron chi connectivity index (χ2n) is 7.14. The van der Waals surface area contributed by atoms with Crippen LogP contribution in [-0.2, 0) is 4.79 Å². The number of carbonyl (C=O) groups excluding carboxylic acids is 2. The summed E-state index contributed by atoms with van der Waals surface area (Å²) in [6.07, 6.45) is 3.08. The second kappa shape index (κ2) is 8.26. The van der Waals surface area contributed by atoms with Gasteiger partial charge in [0.1, 0.15) is 5.69 Å². The molecular formula is C22H22N4O3. The number of ketones is 1. The highest BCUT2D eigenvalue weighted by molar-refractivity contribution is 5.97. The summed E-state index contributed by atoms with van der Waals surface area (Å²) in [6.45, 7) is 2.99. The van der Waals surface area contributed by atoms with Crippen LogP contribution < -0.4 is 10.2 Å². The van der Waals surface area contributed by atoms with Crippen molar-refractivity contribution in [3.63, 3.8) is 0 Å². The van der Waals surface area contributed by atoms with Crippen LogP contribution in [0, 0.1) is 5.92 Å². The number of piperidine rings is 1. The number of amides is 1. The predicted octanol–water partition coefficient (Wildman–Crippen LogP) is 3.79. The highest BCUT2D eigenvalue weighted by atomic mass is 16.3. The lowest BCUT2D eigenvalue weighted by molar-refractivity contribution is -0.120. The van der Waals surface area contributed by atoms with E-state index in [9.17, 15) is 9.59 Å². The third-order valence-electron chi connectivity index (χ3n) is 5.15. The number of nitrogens with zero attached hydrogens (tertiary/aromatic N) is 3. The zero-order valence-electron chi connectivity index (χ0n) is 16.2. The standard InChI is InChI=1S/C22H22N4O3/c1-15(27)17-4-2-5-18(14-17)23-22(28)16-9-11-26(12-10-16)21-8-7-19(24-25-21)20-6-3-13-29-20/h2-8,13-14,16H,9-12H2,1H3,(H,23,28). The van der Waals surface area contributed by atoms with Gasteiger partial charge in [0.05, 0.1) is 6.26 Å². The van der Waals surface area contributed by atoms with Crippen molar-refractivity contribution >= 4 is 23.2 Å². The van der Waals surface area contributed by atoms with Crippen molar-refractivity contribution in [2.75, 3.05) is 23.3 Å². The Bertz CT molecular complexity index is 991. The molecule has 148 valence electrons. The molecule has 3 aromatic rings. The third kappa shape index (κ3) is 4.34. The lowest BCUT2D eigenvalue weighted by atomic mass is 9.95. The van der Waals surface area contributed by atoms with Crippen LogP contribution in [0.25, 0.3) is 11.5 Å². The first kappa shape index (κ1) is 18.9. The van der Waals surface area contributed by atoms with Gasteiger partial charge in [-0.1, -0.05) is 12.1 Å². The normalized spacial score (nSPS) is 14.6. The van der Waals surface area contributed by atoms with Crippen LogP contribution in [0.2, 0.25) is 0 Å². The Kier molecular flexibility index (Phi) is 5.37. The van der Waals surface area contributed by atoms with E-state index in [0.29, 0.717) is 22.7 Å². The van der Waals surface area contributed by atoms with Crippen molar-refractivity contribution in [1.82, 2.24) is 10.2 Å². The van der Waals surface area contributed by atoms with Gasteiger partial charge < -0.3 is 14.6 Å². The maximum absolute atomic E-state index is 12.6. The molecular weight excluding hydrogens is 368 g/mol. The van der Waals surface area contributed by atoms with Crippen LogP contribution in [0.1, 0.15) is 30.1 Å². The quantitative estimate of drug-likeness (QED) is 0.667. The van der Waals surface area contributed by atoms with Gasteiger partial charge in [0.2, 0.25) is 5.91 Å². The molecule has 7 heteroatoms. The SMILES string of the molecule is CC(=O)c1cccc(NC(=O)C2CCN(c3ccc(-c4ccco4)nn3)CC2)c1. The fourth-order valence-corrected chi connectivity index (χ4v) is 3.48. The Morgan fingerprint density at radius 3 is 2.55 bits per heavy atom. The number of rotatable bonds is 5. The molecule has 29 heavy (non-hydrogen) atoms. The highest BCUT2D eigenvalue weighted by Gasteiger charge is 2.26. The monoisotopic (exact) mass is 390 g/mol. The van der Waals surface area contributed by atoms with E-state index in [2.05, 4.69) is 20.4 Å². The van der Waals surface area contributed by atoms with Gasteiger partial charge in [0.25, 0.3) is 0 Å². The first-order chi connectivity index (χ1) is 14.1. The molecule has 0 unspecified atom stereocenters. The summed E-state index contributed by atoms with van der Waals surface area (Å²) in [6, 6.07) is 14.5. The van der Waals surface area contributed by atoms with E-state index in [0.717, 1.165) is 31.7 Å². The average molecular weight is 390 g/mol. The summed E-state index contributed by atoms with van der Waals surface area (Å²) < 4.78 is 5.34. The van der Waals surface area contributed by atoms with Crippen LogP contribution in [0.4, 0.5) is 11.5 Å². The fourth-order valence-electron chi connectivity index (χ4n) is 3.48. The molecule has 3 heterocycles. The van der Waals surface area contributed by atoms with Crippen molar-refractivity contribution < 1.29 is 14.0 Å². The number of hydrogen-bond acceptors (Lipinski definition) is 6. The van der Waals surface area contributed by atoms with Gasteiger partial charge in [-0.15, -0.1) is 10.2 Å². The van der Waals surface area contributed by atoms with Crippen molar-refractivity contribution in [3.8, 4) is 11.5 Å². The topological polar surface area (TPSA) is 88.3 Å². The molecule has 1 amide bonds. The minimum atomic E-state index is -0.0671. The summed E-state index contributed by atoms with van der Waals surface area (Å²) in [7, 11) is 0. The van der Waals surface area contributed by atoms with Gasteiger partial charge in [-0.05, 0) is 56.2 Å². The maximum Gasteiger partial charge on any atom is 0.227 e. The molecule has 4 rings (SSSR count). The van der Waals surface area contributed by atoms with Gasteiger partial charge >= 0.3 is 0 Å². The van der Waals surface area contributed by atoms with E-state index in [1.165, 1.54) is 6.92 Å². The van der Waals surface area contributed by atoms with E-state index in [4.69, 9.17) is 4.42 Å². The van der Waals surface area contributed by atoms with Crippen molar-refractivity contribution in [1.29, 1.82) is 0 Å². The Balaban J connectivity index is 1.33.